The topological polar surface area (TPSA) is 58.1 Å². The Labute approximate surface area is 142 Å². The lowest BCUT2D eigenvalue weighted by atomic mass is 9.97. The smallest absolute Gasteiger partial charge is 0.340 e. The van der Waals surface area contributed by atoms with Crippen LogP contribution in [0.5, 0.6) is 0 Å². The summed E-state index contributed by atoms with van der Waals surface area (Å²) in [5, 5.41) is 2.83. The van der Waals surface area contributed by atoms with Crippen molar-refractivity contribution in [2.24, 2.45) is 5.92 Å². The number of benzene rings is 1. The van der Waals surface area contributed by atoms with Gasteiger partial charge in [-0.15, -0.1) is 0 Å². The molecule has 1 aromatic heterocycles. The zero-order valence-corrected chi connectivity index (χ0v) is 13.3. The standard InChI is InChI=1S/C17H17F3N4O/c18-17(19,20)14-8-9-21-16(23-14)24-10-4-5-12(11-24)15(25)22-13-6-2-1-3-7-13/h1-3,6-9,12H,4-5,10-11H2,(H,22,25). The number of aromatic nitrogens is 2. The molecule has 0 bridgehead atoms. The van der Waals surface area contributed by atoms with Crippen molar-refractivity contribution in [1.29, 1.82) is 0 Å². The number of piperidine rings is 1. The summed E-state index contributed by atoms with van der Waals surface area (Å²) in [6.45, 7) is 0.816. The Kier molecular flexibility index (Phi) is 4.87. The fourth-order valence-electron chi connectivity index (χ4n) is 2.80. The van der Waals surface area contributed by atoms with E-state index in [-0.39, 0.29) is 17.8 Å². The molecule has 1 fully saturated rings. The van der Waals surface area contributed by atoms with Gasteiger partial charge < -0.3 is 10.2 Å². The fourth-order valence-corrected chi connectivity index (χ4v) is 2.80. The average molecular weight is 350 g/mol. The number of carbonyl (C=O) groups excluding carboxylic acids is 1. The molecular weight excluding hydrogens is 333 g/mol. The maximum absolute atomic E-state index is 12.8. The number of hydrogen-bond donors (Lipinski definition) is 1. The molecule has 25 heavy (non-hydrogen) atoms. The van der Waals surface area contributed by atoms with Crippen LogP contribution >= 0.6 is 0 Å². The minimum atomic E-state index is -4.52. The van der Waals surface area contributed by atoms with Crippen LogP contribution in [0.4, 0.5) is 24.8 Å². The zero-order valence-electron chi connectivity index (χ0n) is 13.3. The summed E-state index contributed by atoms with van der Waals surface area (Å²) in [6, 6.07) is 9.90. The number of alkyl halides is 3. The number of halogens is 3. The summed E-state index contributed by atoms with van der Waals surface area (Å²) >= 11 is 0. The molecule has 2 heterocycles. The predicted octanol–water partition coefficient (Wildman–Crippen LogP) is 3.35. The normalized spacial score (nSPS) is 18.0. The predicted molar refractivity (Wildman–Crippen MR) is 87.0 cm³/mol. The molecule has 8 heteroatoms. The Hall–Kier alpha value is -2.64. The van der Waals surface area contributed by atoms with Crippen LogP contribution in [-0.2, 0) is 11.0 Å². The van der Waals surface area contributed by atoms with Gasteiger partial charge in [-0.05, 0) is 31.0 Å². The summed E-state index contributed by atoms with van der Waals surface area (Å²) in [5.74, 6) is -0.470. The number of hydrogen-bond acceptors (Lipinski definition) is 4. The van der Waals surface area contributed by atoms with E-state index in [1.807, 2.05) is 18.2 Å². The Bertz CT molecular complexity index is 736. The highest BCUT2D eigenvalue weighted by molar-refractivity contribution is 5.93. The number of nitrogens with zero attached hydrogens (tertiary/aromatic N) is 3. The van der Waals surface area contributed by atoms with Crippen LogP contribution in [0.1, 0.15) is 18.5 Å². The lowest BCUT2D eigenvalue weighted by molar-refractivity contribution is -0.141. The molecule has 2 aromatic rings. The molecule has 1 unspecified atom stereocenters. The van der Waals surface area contributed by atoms with E-state index in [0.717, 1.165) is 12.3 Å². The van der Waals surface area contributed by atoms with E-state index in [2.05, 4.69) is 15.3 Å². The Morgan fingerprint density at radius 3 is 2.68 bits per heavy atom. The van der Waals surface area contributed by atoms with Gasteiger partial charge in [0.2, 0.25) is 11.9 Å². The summed E-state index contributed by atoms with van der Waals surface area (Å²) in [6.07, 6.45) is -2.06. The molecule has 1 N–H and O–H groups in total. The third-order valence-corrected chi connectivity index (χ3v) is 4.05. The number of nitrogens with one attached hydrogen (secondary N) is 1. The van der Waals surface area contributed by atoms with Crippen LogP contribution in [0.3, 0.4) is 0 Å². The Morgan fingerprint density at radius 1 is 1.20 bits per heavy atom. The molecular formula is C17H17F3N4O. The van der Waals surface area contributed by atoms with E-state index in [4.69, 9.17) is 0 Å². The van der Waals surface area contributed by atoms with Gasteiger partial charge in [-0.3, -0.25) is 4.79 Å². The van der Waals surface area contributed by atoms with Crippen molar-refractivity contribution in [3.63, 3.8) is 0 Å². The lowest BCUT2D eigenvalue weighted by Gasteiger charge is -2.32. The number of carbonyl (C=O) groups is 1. The van der Waals surface area contributed by atoms with Gasteiger partial charge in [0.15, 0.2) is 0 Å². The van der Waals surface area contributed by atoms with Gasteiger partial charge in [0.05, 0.1) is 5.92 Å². The number of para-hydroxylation sites is 1. The average Bonchev–Trinajstić information content (AvgIpc) is 2.62. The van der Waals surface area contributed by atoms with Crippen LogP contribution in [0, 0.1) is 5.92 Å². The Morgan fingerprint density at radius 2 is 1.96 bits per heavy atom. The van der Waals surface area contributed by atoms with Crippen molar-refractivity contribution >= 4 is 17.5 Å². The molecule has 132 valence electrons. The van der Waals surface area contributed by atoms with Gasteiger partial charge in [0.25, 0.3) is 0 Å². The fraction of sp³-hybridized carbons (Fsp3) is 0.353. The van der Waals surface area contributed by atoms with Gasteiger partial charge in [-0.2, -0.15) is 13.2 Å². The molecule has 0 saturated carbocycles. The molecule has 1 aliphatic rings. The molecule has 1 aliphatic heterocycles. The third-order valence-electron chi connectivity index (χ3n) is 4.05. The lowest BCUT2D eigenvalue weighted by Crippen LogP contribution is -2.41. The first-order valence-electron chi connectivity index (χ1n) is 7.94. The summed E-state index contributed by atoms with van der Waals surface area (Å²) in [4.78, 5) is 21.6. The highest BCUT2D eigenvalue weighted by Crippen LogP contribution is 2.29. The van der Waals surface area contributed by atoms with E-state index >= 15 is 0 Å². The van der Waals surface area contributed by atoms with Crippen molar-refractivity contribution in [3.05, 3.63) is 48.3 Å². The van der Waals surface area contributed by atoms with Crippen LogP contribution in [-0.4, -0.2) is 29.0 Å². The maximum atomic E-state index is 12.8. The third kappa shape index (κ3) is 4.26. The van der Waals surface area contributed by atoms with Gasteiger partial charge in [-0.1, -0.05) is 18.2 Å². The van der Waals surface area contributed by atoms with Gasteiger partial charge in [-0.25, -0.2) is 9.97 Å². The van der Waals surface area contributed by atoms with Crippen molar-refractivity contribution in [2.45, 2.75) is 19.0 Å². The molecule has 1 atom stereocenters. The number of rotatable bonds is 3. The molecule has 0 radical (unpaired) electrons. The van der Waals surface area contributed by atoms with Crippen LogP contribution in [0.2, 0.25) is 0 Å². The first-order valence-corrected chi connectivity index (χ1v) is 7.94. The largest absolute Gasteiger partial charge is 0.433 e. The second kappa shape index (κ2) is 7.08. The van der Waals surface area contributed by atoms with E-state index in [1.165, 1.54) is 0 Å². The van der Waals surface area contributed by atoms with E-state index < -0.39 is 11.9 Å². The summed E-state index contributed by atoms with van der Waals surface area (Å²) in [5.41, 5.74) is -0.284. The summed E-state index contributed by atoms with van der Waals surface area (Å²) in [7, 11) is 0. The molecule has 3 rings (SSSR count). The molecule has 1 saturated heterocycles. The second-order valence-electron chi connectivity index (χ2n) is 5.88. The van der Waals surface area contributed by atoms with E-state index in [9.17, 15) is 18.0 Å². The minimum absolute atomic E-state index is 0.00651. The van der Waals surface area contributed by atoms with E-state index in [1.54, 1.807) is 17.0 Å². The number of anilines is 2. The highest BCUT2D eigenvalue weighted by Gasteiger charge is 2.34. The monoisotopic (exact) mass is 350 g/mol. The van der Waals surface area contributed by atoms with Gasteiger partial charge in [0.1, 0.15) is 5.69 Å². The zero-order chi connectivity index (χ0) is 17.9. The van der Waals surface area contributed by atoms with Crippen molar-refractivity contribution in [3.8, 4) is 0 Å². The first-order chi connectivity index (χ1) is 11.9. The summed E-state index contributed by atoms with van der Waals surface area (Å²) < 4.78 is 38.4. The highest BCUT2D eigenvalue weighted by atomic mass is 19.4. The first kappa shape index (κ1) is 17.2. The molecule has 1 aromatic carbocycles. The minimum Gasteiger partial charge on any atom is -0.340 e. The molecule has 0 aliphatic carbocycles. The van der Waals surface area contributed by atoms with Crippen LogP contribution < -0.4 is 10.2 Å². The van der Waals surface area contributed by atoms with Crippen molar-refractivity contribution in [1.82, 2.24) is 9.97 Å². The van der Waals surface area contributed by atoms with Gasteiger partial charge in [0, 0.05) is 25.0 Å². The van der Waals surface area contributed by atoms with Crippen molar-refractivity contribution < 1.29 is 18.0 Å². The SMILES string of the molecule is O=C(Nc1ccccc1)C1CCCN(c2nccc(C(F)(F)F)n2)C1. The van der Waals surface area contributed by atoms with Gasteiger partial charge >= 0.3 is 6.18 Å². The van der Waals surface area contributed by atoms with Crippen LogP contribution in [0.25, 0.3) is 0 Å². The number of amides is 1. The molecule has 1 amide bonds. The van der Waals surface area contributed by atoms with Crippen molar-refractivity contribution in [2.75, 3.05) is 23.3 Å². The Balaban J connectivity index is 1.70. The molecule has 5 nitrogen and oxygen atoms in total. The van der Waals surface area contributed by atoms with Crippen LogP contribution in [0.15, 0.2) is 42.6 Å². The molecule has 0 spiro atoms. The maximum Gasteiger partial charge on any atom is 0.433 e. The van der Waals surface area contributed by atoms with E-state index in [0.29, 0.717) is 31.6 Å². The quantitative estimate of drug-likeness (QED) is 0.922. The second-order valence-corrected chi connectivity index (χ2v) is 5.88.